The fourth-order valence-electron chi connectivity index (χ4n) is 0.638. The van der Waals surface area contributed by atoms with Crippen molar-refractivity contribution in [3.8, 4) is 0 Å². The minimum Gasteiger partial charge on any atom is -0.267 e. The van der Waals surface area contributed by atoms with E-state index in [1.54, 1.807) is 0 Å². The van der Waals surface area contributed by atoms with Crippen molar-refractivity contribution in [1.29, 1.82) is 0 Å². The number of aromatic amines is 1. The maximum Gasteiger partial charge on any atom is 0.122 e. The van der Waals surface area contributed by atoms with Crippen LogP contribution in [0.25, 0.3) is 0 Å². The topological polar surface area (TPSA) is 28.7 Å². The molecule has 9 heavy (non-hydrogen) atoms. The number of rotatable bonds is 0. The minimum atomic E-state index is 0.723. The molecule has 0 aliphatic carbocycles. The summed E-state index contributed by atoms with van der Waals surface area (Å²) < 4.78 is 0.723. The molecule has 48 valence electrons. The molecule has 1 aromatic rings. The molecule has 1 heterocycles. The van der Waals surface area contributed by atoms with E-state index in [0.717, 1.165) is 15.9 Å². The van der Waals surface area contributed by atoms with Crippen LogP contribution in [0.1, 0.15) is 11.3 Å². The van der Waals surface area contributed by atoms with Crippen LogP contribution in [0, 0.1) is 18.5 Å². The molecular weight excluding hydrogens is 132 g/mol. The summed E-state index contributed by atoms with van der Waals surface area (Å²) in [6.45, 7) is 3.89. The Morgan fingerprint density at radius 3 is 2.67 bits per heavy atom. The van der Waals surface area contributed by atoms with Gasteiger partial charge in [0.25, 0.3) is 0 Å². The average Bonchev–Trinajstić information content (AvgIpc) is 1.80. The van der Waals surface area contributed by atoms with Gasteiger partial charge in [0, 0.05) is 0 Å². The van der Waals surface area contributed by atoms with E-state index < -0.39 is 0 Å². The smallest absolute Gasteiger partial charge is 0.122 e. The molecule has 1 aromatic heterocycles. The highest BCUT2D eigenvalue weighted by Gasteiger charge is 1.87. The number of aromatic nitrogens is 2. The predicted molar refractivity (Wildman–Crippen MR) is 38.9 cm³/mol. The van der Waals surface area contributed by atoms with Crippen molar-refractivity contribution >= 4 is 12.2 Å². The SMILES string of the molecule is Cc1cc(C)c(=S)[nH]n1. The molecule has 0 bridgehead atoms. The van der Waals surface area contributed by atoms with Crippen molar-refractivity contribution < 1.29 is 0 Å². The third kappa shape index (κ3) is 1.36. The molecule has 1 rings (SSSR count). The fraction of sp³-hybridized carbons (Fsp3) is 0.333. The highest BCUT2D eigenvalue weighted by Crippen LogP contribution is 1.97. The van der Waals surface area contributed by atoms with Crippen LogP contribution in [0.3, 0.4) is 0 Å². The summed E-state index contributed by atoms with van der Waals surface area (Å²) in [4.78, 5) is 0. The highest BCUT2D eigenvalue weighted by molar-refractivity contribution is 7.71. The molecule has 0 radical (unpaired) electrons. The Kier molecular flexibility index (Phi) is 1.62. The van der Waals surface area contributed by atoms with Gasteiger partial charge in [-0.15, -0.1) is 0 Å². The van der Waals surface area contributed by atoms with Gasteiger partial charge in [0.1, 0.15) is 4.64 Å². The molecule has 0 spiro atoms. The summed E-state index contributed by atoms with van der Waals surface area (Å²) in [7, 11) is 0. The van der Waals surface area contributed by atoms with Crippen LogP contribution in [-0.2, 0) is 0 Å². The quantitative estimate of drug-likeness (QED) is 0.556. The van der Waals surface area contributed by atoms with Crippen molar-refractivity contribution in [3.63, 3.8) is 0 Å². The maximum atomic E-state index is 4.89. The van der Waals surface area contributed by atoms with Gasteiger partial charge >= 0.3 is 0 Å². The second-order valence-electron chi connectivity index (χ2n) is 2.02. The lowest BCUT2D eigenvalue weighted by Gasteiger charge is -1.92. The van der Waals surface area contributed by atoms with Crippen molar-refractivity contribution in [2.24, 2.45) is 0 Å². The van der Waals surface area contributed by atoms with Gasteiger partial charge in [-0.2, -0.15) is 5.10 Å². The van der Waals surface area contributed by atoms with Crippen LogP contribution in [0.15, 0.2) is 6.07 Å². The van der Waals surface area contributed by atoms with Gasteiger partial charge in [0.2, 0.25) is 0 Å². The number of hydrogen-bond acceptors (Lipinski definition) is 2. The van der Waals surface area contributed by atoms with E-state index in [-0.39, 0.29) is 0 Å². The lowest BCUT2D eigenvalue weighted by atomic mass is 10.3. The fourth-order valence-corrected chi connectivity index (χ4v) is 0.743. The molecule has 3 heteroatoms. The molecular formula is C6H8N2S. The summed E-state index contributed by atoms with van der Waals surface area (Å²) in [5.41, 5.74) is 2.05. The molecule has 0 unspecified atom stereocenters. The Labute approximate surface area is 58.9 Å². The Hall–Kier alpha value is -0.700. The molecule has 0 aromatic carbocycles. The third-order valence-corrected chi connectivity index (χ3v) is 1.53. The highest BCUT2D eigenvalue weighted by atomic mass is 32.1. The molecule has 1 N–H and O–H groups in total. The Morgan fingerprint density at radius 2 is 2.22 bits per heavy atom. The van der Waals surface area contributed by atoms with Crippen LogP contribution in [-0.4, -0.2) is 10.2 Å². The van der Waals surface area contributed by atoms with Crippen molar-refractivity contribution in [1.82, 2.24) is 10.2 Å². The number of H-pyrrole nitrogens is 1. The third-order valence-electron chi connectivity index (χ3n) is 1.12. The number of nitrogens with one attached hydrogen (secondary N) is 1. The van der Waals surface area contributed by atoms with E-state index in [9.17, 15) is 0 Å². The minimum absolute atomic E-state index is 0.723. The summed E-state index contributed by atoms with van der Waals surface area (Å²) in [6.07, 6.45) is 0. The first-order chi connectivity index (χ1) is 4.20. The molecule has 0 saturated carbocycles. The molecule has 2 nitrogen and oxygen atoms in total. The normalized spacial score (nSPS) is 9.56. The average molecular weight is 140 g/mol. The zero-order chi connectivity index (χ0) is 6.85. The van der Waals surface area contributed by atoms with Crippen molar-refractivity contribution in [2.75, 3.05) is 0 Å². The number of nitrogens with zero attached hydrogens (tertiary/aromatic N) is 1. The van der Waals surface area contributed by atoms with E-state index in [0.29, 0.717) is 0 Å². The van der Waals surface area contributed by atoms with Gasteiger partial charge in [-0.3, -0.25) is 5.10 Å². The Bertz CT molecular complexity index is 264. The predicted octanol–water partition coefficient (Wildman–Crippen LogP) is 1.76. The van der Waals surface area contributed by atoms with Crippen LogP contribution in [0.5, 0.6) is 0 Å². The van der Waals surface area contributed by atoms with Gasteiger partial charge in [-0.05, 0) is 25.5 Å². The van der Waals surface area contributed by atoms with E-state index in [1.165, 1.54) is 0 Å². The van der Waals surface area contributed by atoms with E-state index in [1.807, 2.05) is 19.9 Å². The summed E-state index contributed by atoms with van der Waals surface area (Å²) in [5.74, 6) is 0. The van der Waals surface area contributed by atoms with Gasteiger partial charge in [0.15, 0.2) is 0 Å². The number of hydrogen-bond donors (Lipinski definition) is 1. The van der Waals surface area contributed by atoms with Gasteiger partial charge in [-0.1, -0.05) is 12.2 Å². The van der Waals surface area contributed by atoms with Crippen LogP contribution in [0.4, 0.5) is 0 Å². The zero-order valence-corrected chi connectivity index (χ0v) is 6.25. The molecule has 0 aliphatic heterocycles. The first-order valence-electron chi connectivity index (χ1n) is 2.73. The Morgan fingerprint density at radius 1 is 1.56 bits per heavy atom. The van der Waals surface area contributed by atoms with Crippen molar-refractivity contribution in [2.45, 2.75) is 13.8 Å². The van der Waals surface area contributed by atoms with Crippen LogP contribution < -0.4 is 0 Å². The lowest BCUT2D eigenvalue weighted by molar-refractivity contribution is 0.953. The number of aryl methyl sites for hydroxylation is 2. The van der Waals surface area contributed by atoms with Gasteiger partial charge in [-0.25, -0.2) is 0 Å². The zero-order valence-electron chi connectivity index (χ0n) is 5.43. The van der Waals surface area contributed by atoms with Crippen LogP contribution in [0.2, 0.25) is 0 Å². The molecule has 0 atom stereocenters. The molecule has 0 aliphatic rings. The summed E-state index contributed by atoms with van der Waals surface area (Å²) >= 11 is 4.89. The van der Waals surface area contributed by atoms with E-state index >= 15 is 0 Å². The molecule has 0 amide bonds. The van der Waals surface area contributed by atoms with E-state index in [4.69, 9.17) is 12.2 Å². The lowest BCUT2D eigenvalue weighted by Crippen LogP contribution is -1.87. The van der Waals surface area contributed by atoms with Crippen LogP contribution >= 0.6 is 12.2 Å². The molecule has 0 saturated heterocycles. The first kappa shape index (κ1) is 6.42. The molecule has 0 fully saturated rings. The van der Waals surface area contributed by atoms with E-state index in [2.05, 4.69) is 10.2 Å². The maximum absolute atomic E-state index is 4.89. The summed E-state index contributed by atoms with van der Waals surface area (Å²) in [6, 6.07) is 1.96. The Balaban J connectivity index is 3.34. The largest absolute Gasteiger partial charge is 0.267 e. The van der Waals surface area contributed by atoms with Crippen molar-refractivity contribution in [3.05, 3.63) is 22.0 Å². The first-order valence-corrected chi connectivity index (χ1v) is 3.14. The second kappa shape index (κ2) is 2.27. The standard InChI is InChI=1S/C6H8N2S/c1-4-3-5(2)7-8-6(4)9/h3H,1-2H3,(H,8,9). The summed E-state index contributed by atoms with van der Waals surface area (Å²) in [5, 5.41) is 6.64. The second-order valence-corrected chi connectivity index (χ2v) is 2.43. The monoisotopic (exact) mass is 140 g/mol. The van der Waals surface area contributed by atoms with Gasteiger partial charge in [0.05, 0.1) is 5.69 Å². The van der Waals surface area contributed by atoms with Gasteiger partial charge < -0.3 is 0 Å².